The molecule has 148 valence electrons. The Morgan fingerprint density at radius 1 is 1.07 bits per heavy atom. The standard InChI is InChI=1S/C19H21N3O5S/c1-9-11(3)28-18(21-12(4)23)15(9)19(26)27-10(2)17(25)22-14-7-5-13(6-8-14)16(20)24/h5-8,10H,1-4H3,(H2,20,24)(H,21,23)(H,22,25). The number of hydrogen-bond acceptors (Lipinski definition) is 6. The Morgan fingerprint density at radius 3 is 2.21 bits per heavy atom. The second-order valence-electron chi connectivity index (χ2n) is 6.15. The zero-order valence-corrected chi connectivity index (χ0v) is 16.7. The topological polar surface area (TPSA) is 128 Å². The van der Waals surface area contributed by atoms with Gasteiger partial charge in [-0.2, -0.15) is 0 Å². The van der Waals surface area contributed by atoms with Crippen LogP contribution in [0.5, 0.6) is 0 Å². The first kappa shape index (κ1) is 21.1. The van der Waals surface area contributed by atoms with Gasteiger partial charge in [0.2, 0.25) is 11.8 Å². The van der Waals surface area contributed by atoms with E-state index < -0.39 is 23.9 Å². The minimum absolute atomic E-state index is 0.239. The van der Waals surface area contributed by atoms with Crippen molar-refractivity contribution in [2.75, 3.05) is 10.6 Å². The molecule has 9 heteroatoms. The predicted molar refractivity (Wildman–Crippen MR) is 107 cm³/mol. The van der Waals surface area contributed by atoms with Crippen LogP contribution in [0.25, 0.3) is 0 Å². The van der Waals surface area contributed by atoms with Crippen molar-refractivity contribution >= 4 is 45.7 Å². The number of nitrogens with two attached hydrogens (primary N) is 1. The van der Waals surface area contributed by atoms with Crippen molar-refractivity contribution < 1.29 is 23.9 Å². The number of rotatable bonds is 6. The lowest BCUT2D eigenvalue weighted by Gasteiger charge is -2.14. The third kappa shape index (κ3) is 4.95. The molecule has 1 atom stereocenters. The largest absolute Gasteiger partial charge is 0.449 e. The van der Waals surface area contributed by atoms with Gasteiger partial charge in [0.1, 0.15) is 5.00 Å². The van der Waals surface area contributed by atoms with Crippen LogP contribution in [-0.4, -0.2) is 29.8 Å². The number of primary amides is 1. The summed E-state index contributed by atoms with van der Waals surface area (Å²) in [5, 5.41) is 5.60. The highest BCUT2D eigenvalue weighted by Gasteiger charge is 2.25. The molecular weight excluding hydrogens is 382 g/mol. The number of carbonyl (C=O) groups excluding carboxylic acids is 4. The fourth-order valence-electron chi connectivity index (χ4n) is 2.36. The van der Waals surface area contributed by atoms with Gasteiger partial charge < -0.3 is 21.1 Å². The van der Waals surface area contributed by atoms with Gasteiger partial charge in [0.05, 0.1) is 5.56 Å². The van der Waals surface area contributed by atoms with Crippen LogP contribution < -0.4 is 16.4 Å². The zero-order chi connectivity index (χ0) is 21.0. The highest BCUT2D eigenvalue weighted by atomic mass is 32.1. The van der Waals surface area contributed by atoms with E-state index in [0.717, 1.165) is 4.88 Å². The van der Waals surface area contributed by atoms with Crippen LogP contribution in [0.15, 0.2) is 24.3 Å². The average Bonchev–Trinajstić information content (AvgIpc) is 2.88. The van der Waals surface area contributed by atoms with Crippen molar-refractivity contribution in [2.24, 2.45) is 5.73 Å². The Balaban J connectivity index is 2.08. The van der Waals surface area contributed by atoms with Crippen LogP contribution in [0.4, 0.5) is 10.7 Å². The molecule has 0 bridgehead atoms. The SMILES string of the molecule is CC(=O)Nc1sc(C)c(C)c1C(=O)OC(C)C(=O)Nc1ccc(C(N)=O)cc1. The van der Waals surface area contributed by atoms with Crippen molar-refractivity contribution in [1.29, 1.82) is 0 Å². The van der Waals surface area contributed by atoms with Crippen molar-refractivity contribution in [3.05, 3.63) is 45.8 Å². The average molecular weight is 403 g/mol. The van der Waals surface area contributed by atoms with Crippen LogP contribution in [0.3, 0.4) is 0 Å². The molecule has 0 aliphatic heterocycles. The number of thiophene rings is 1. The summed E-state index contributed by atoms with van der Waals surface area (Å²) in [6.07, 6.45) is -1.08. The van der Waals surface area contributed by atoms with Gasteiger partial charge in [0.25, 0.3) is 5.91 Å². The number of amides is 3. The first-order valence-electron chi connectivity index (χ1n) is 8.39. The molecule has 1 aromatic heterocycles. The zero-order valence-electron chi connectivity index (χ0n) is 15.9. The quantitative estimate of drug-likeness (QED) is 0.639. The summed E-state index contributed by atoms with van der Waals surface area (Å²) in [5.74, 6) is -2.11. The van der Waals surface area contributed by atoms with Gasteiger partial charge in [-0.15, -0.1) is 11.3 Å². The maximum absolute atomic E-state index is 12.6. The minimum atomic E-state index is -1.08. The Labute approximate surface area is 166 Å². The fourth-order valence-corrected chi connectivity index (χ4v) is 3.45. The molecule has 2 rings (SSSR count). The number of ether oxygens (including phenoxy) is 1. The Bertz CT molecular complexity index is 934. The van der Waals surface area contributed by atoms with Gasteiger partial charge in [0.15, 0.2) is 6.10 Å². The minimum Gasteiger partial charge on any atom is -0.449 e. The van der Waals surface area contributed by atoms with Gasteiger partial charge in [0, 0.05) is 23.1 Å². The van der Waals surface area contributed by atoms with Crippen molar-refractivity contribution in [1.82, 2.24) is 0 Å². The number of anilines is 2. The smallest absolute Gasteiger partial charge is 0.342 e. The fraction of sp³-hybridized carbons (Fsp3) is 0.263. The normalized spacial score (nSPS) is 11.4. The van der Waals surface area contributed by atoms with Crippen molar-refractivity contribution in [3.8, 4) is 0 Å². The molecule has 28 heavy (non-hydrogen) atoms. The number of benzene rings is 1. The van der Waals surface area contributed by atoms with Crippen LogP contribution in [0.2, 0.25) is 0 Å². The summed E-state index contributed by atoms with van der Waals surface area (Å²) in [5.41, 5.74) is 6.84. The Morgan fingerprint density at radius 2 is 1.68 bits per heavy atom. The molecule has 1 heterocycles. The van der Waals surface area contributed by atoms with E-state index >= 15 is 0 Å². The van der Waals surface area contributed by atoms with E-state index in [0.29, 0.717) is 21.8 Å². The number of aryl methyl sites for hydroxylation is 1. The van der Waals surface area contributed by atoms with Crippen LogP contribution in [0.1, 0.15) is 45.0 Å². The third-order valence-corrected chi connectivity index (χ3v) is 5.09. The van der Waals surface area contributed by atoms with E-state index in [4.69, 9.17) is 10.5 Å². The molecule has 0 saturated heterocycles. The molecule has 0 radical (unpaired) electrons. The van der Waals surface area contributed by atoms with Gasteiger partial charge >= 0.3 is 5.97 Å². The lowest BCUT2D eigenvalue weighted by Crippen LogP contribution is -2.30. The Kier molecular flexibility index (Phi) is 6.53. The number of esters is 1. The van der Waals surface area contributed by atoms with E-state index in [9.17, 15) is 19.2 Å². The summed E-state index contributed by atoms with van der Waals surface area (Å²) < 4.78 is 5.28. The summed E-state index contributed by atoms with van der Waals surface area (Å²) in [7, 11) is 0. The van der Waals surface area contributed by atoms with E-state index in [1.54, 1.807) is 6.92 Å². The monoisotopic (exact) mass is 403 g/mol. The lowest BCUT2D eigenvalue weighted by atomic mass is 10.1. The van der Waals surface area contributed by atoms with E-state index in [2.05, 4.69) is 10.6 Å². The molecular formula is C19H21N3O5S. The highest BCUT2D eigenvalue weighted by molar-refractivity contribution is 7.16. The molecule has 0 spiro atoms. The van der Waals surface area contributed by atoms with Crippen LogP contribution >= 0.6 is 11.3 Å². The summed E-state index contributed by atoms with van der Waals surface area (Å²) >= 11 is 1.27. The molecule has 8 nitrogen and oxygen atoms in total. The summed E-state index contributed by atoms with van der Waals surface area (Å²) in [6.45, 7) is 6.36. The van der Waals surface area contributed by atoms with Gasteiger partial charge in [-0.05, 0) is 50.6 Å². The molecule has 0 aliphatic carbocycles. The molecule has 0 saturated carbocycles. The third-order valence-electron chi connectivity index (χ3n) is 3.97. The van der Waals surface area contributed by atoms with E-state index in [1.165, 1.54) is 49.4 Å². The molecule has 3 amide bonds. The van der Waals surface area contributed by atoms with Crippen molar-refractivity contribution in [3.63, 3.8) is 0 Å². The summed E-state index contributed by atoms with van der Waals surface area (Å²) in [6, 6.07) is 6.00. The van der Waals surface area contributed by atoms with Gasteiger partial charge in [-0.25, -0.2) is 4.79 Å². The van der Waals surface area contributed by atoms with E-state index in [-0.39, 0.29) is 11.5 Å². The first-order chi connectivity index (χ1) is 13.1. The second-order valence-corrected chi connectivity index (χ2v) is 7.37. The van der Waals surface area contributed by atoms with Crippen LogP contribution in [-0.2, 0) is 14.3 Å². The predicted octanol–water partition coefficient (Wildman–Crippen LogP) is 2.61. The van der Waals surface area contributed by atoms with Crippen molar-refractivity contribution in [2.45, 2.75) is 33.8 Å². The van der Waals surface area contributed by atoms with Gasteiger partial charge in [-0.3, -0.25) is 14.4 Å². The molecule has 2 aromatic rings. The number of hydrogen-bond donors (Lipinski definition) is 3. The second kappa shape index (κ2) is 8.66. The first-order valence-corrected chi connectivity index (χ1v) is 9.21. The maximum Gasteiger partial charge on any atom is 0.342 e. The summed E-state index contributed by atoms with van der Waals surface area (Å²) in [4.78, 5) is 48.2. The highest BCUT2D eigenvalue weighted by Crippen LogP contribution is 2.33. The maximum atomic E-state index is 12.6. The molecule has 4 N–H and O–H groups in total. The number of carbonyl (C=O) groups is 4. The van der Waals surface area contributed by atoms with Gasteiger partial charge in [-0.1, -0.05) is 0 Å². The molecule has 0 fully saturated rings. The molecule has 0 aliphatic rings. The Hall–Kier alpha value is -3.20. The number of nitrogens with one attached hydrogen (secondary N) is 2. The van der Waals surface area contributed by atoms with E-state index in [1.807, 2.05) is 6.92 Å². The molecule has 1 aromatic carbocycles. The lowest BCUT2D eigenvalue weighted by molar-refractivity contribution is -0.123. The molecule has 1 unspecified atom stereocenters. The van der Waals surface area contributed by atoms with Crippen LogP contribution in [0, 0.1) is 13.8 Å².